The second-order valence-corrected chi connectivity index (χ2v) is 7.30. The van der Waals surface area contributed by atoms with E-state index in [1.165, 1.54) is 0 Å². The zero-order chi connectivity index (χ0) is 22.7. The van der Waals surface area contributed by atoms with Crippen LogP contribution in [0.3, 0.4) is 0 Å². The Balaban J connectivity index is 1.54. The molecule has 4 aromatic rings. The first-order chi connectivity index (χ1) is 15.5. The molecule has 2 aromatic heterocycles. The van der Waals surface area contributed by atoms with Crippen molar-refractivity contribution in [2.75, 3.05) is 11.9 Å². The van der Waals surface area contributed by atoms with Crippen LogP contribution < -0.4 is 20.5 Å². The number of amides is 1. The van der Waals surface area contributed by atoms with Crippen molar-refractivity contribution in [3.8, 4) is 11.5 Å². The van der Waals surface area contributed by atoms with Crippen molar-refractivity contribution in [2.24, 2.45) is 14.1 Å². The number of nitrogens with zero attached hydrogens (tertiary/aromatic N) is 3. The number of nitrogens with one attached hydrogen (secondary N) is 1. The van der Waals surface area contributed by atoms with Gasteiger partial charge in [0.05, 0.1) is 17.6 Å². The van der Waals surface area contributed by atoms with Crippen LogP contribution in [0, 0.1) is 0 Å². The number of carbonyl (C=O) groups is 1. The minimum absolute atomic E-state index is 0.118. The average molecular weight is 432 g/mol. The number of aryl methyl sites for hydroxylation is 2. The summed E-state index contributed by atoms with van der Waals surface area (Å²) in [4.78, 5) is 29.0. The lowest BCUT2D eigenvalue weighted by molar-refractivity contribution is 0.102. The lowest BCUT2D eigenvalue weighted by Gasteiger charge is -2.14. The van der Waals surface area contributed by atoms with Gasteiger partial charge in [0.2, 0.25) is 0 Å². The fourth-order valence-corrected chi connectivity index (χ4v) is 3.46. The Hall–Kier alpha value is -4.07. The molecule has 0 aliphatic rings. The van der Waals surface area contributed by atoms with Crippen LogP contribution in [0.1, 0.15) is 22.8 Å². The van der Waals surface area contributed by atoms with Gasteiger partial charge >= 0.3 is 5.69 Å². The molecule has 0 atom stereocenters. The Kier molecular flexibility index (Phi) is 5.93. The Morgan fingerprint density at radius 2 is 1.69 bits per heavy atom. The van der Waals surface area contributed by atoms with E-state index >= 15 is 0 Å². The molecule has 0 aliphatic heterocycles. The molecule has 0 bridgehead atoms. The molecule has 8 nitrogen and oxygen atoms in total. The number of imidazole rings is 1. The first-order valence-corrected chi connectivity index (χ1v) is 10.2. The van der Waals surface area contributed by atoms with Gasteiger partial charge in [-0.05, 0) is 61.0 Å². The number of benzene rings is 2. The van der Waals surface area contributed by atoms with Crippen molar-refractivity contribution < 1.29 is 14.3 Å². The third-order valence-electron chi connectivity index (χ3n) is 5.18. The number of hydrogen-bond donors (Lipinski definition) is 1. The van der Waals surface area contributed by atoms with Crippen molar-refractivity contribution in [3.63, 3.8) is 0 Å². The van der Waals surface area contributed by atoms with Gasteiger partial charge in [0, 0.05) is 37.7 Å². The SMILES string of the molecule is CCOc1cc(C(=O)Nc2ccc3c(c2)n(C)c(=O)n3C)ccc1OCc1ccncc1. The van der Waals surface area contributed by atoms with E-state index in [0.717, 1.165) is 16.6 Å². The predicted octanol–water partition coefficient (Wildman–Crippen LogP) is 3.50. The quantitative estimate of drug-likeness (QED) is 0.483. The number of anilines is 1. The van der Waals surface area contributed by atoms with Crippen LogP contribution in [0.5, 0.6) is 11.5 Å². The minimum Gasteiger partial charge on any atom is -0.490 e. The van der Waals surface area contributed by atoms with Gasteiger partial charge in [-0.25, -0.2) is 4.79 Å². The molecule has 8 heteroatoms. The molecular formula is C24H24N4O4. The number of ether oxygens (including phenoxy) is 2. The van der Waals surface area contributed by atoms with Crippen molar-refractivity contribution in [1.29, 1.82) is 0 Å². The third kappa shape index (κ3) is 4.20. The number of rotatable bonds is 7. The zero-order valence-corrected chi connectivity index (χ0v) is 18.2. The lowest BCUT2D eigenvalue weighted by atomic mass is 10.1. The smallest absolute Gasteiger partial charge is 0.328 e. The molecule has 0 fully saturated rings. The monoisotopic (exact) mass is 432 g/mol. The van der Waals surface area contributed by atoms with Crippen LogP contribution in [-0.2, 0) is 20.7 Å². The van der Waals surface area contributed by atoms with Gasteiger partial charge in [-0.3, -0.25) is 18.9 Å². The van der Waals surface area contributed by atoms with Crippen LogP contribution in [0.2, 0.25) is 0 Å². The average Bonchev–Trinajstić information content (AvgIpc) is 3.02. The van der Waals surface area contributed by atoms with Crippen LogP contribution >= 0.6 is 0 Å². The van der Waals surface area contributed by atoms with E-state index in [-0.39, 0.29) is 11.6 Å². The summed E-state index contributed by atoms with van der Waals surface area (Å²) in [6, 6.07) is 14.2. The second kappa shape index (κ2) is 8.97. The summed E-state index contributed by atoms with van der Waals surface area (Å²) in [5.74, 6) is 0.767. The van der Waals surface area contributed by atoms with E-state index in [2.05, 4.69) is 10.3 Å². The fraction of sp³-hybridized carbons (Fsp3) is 0.208. The Morgan fingerprint density at radius 3 is 2.44 bits per heavy atom. The van der Waals surface area contributed by atoms with E-state index in [4.69, 9.17) is 9.47 Å². The van der Waals surface area contributed by atoms with Crippen LogP contribution in [0.25, 0.3) is 11.0 Å². The summed E-state index contributed by atoms with van der Waals surface area (Å²) < 4.78 is 14.7. The first kappa shape index (κ1) is 21.2. The van der Waals surface area contributed by atoms with Gasteiger partial charge in [0.15, 0.2) is 11.5 Å². The van der Waals surface area contributed by atoms with Crippen LogP contribution in [-0.4, -0.2) is 26.6 Å². The predicted molar refractivity (Wildman–Crippen MR) is 122 cm³/mol. The maximum Gasteiger partial charge on any atom is 0.328 e. The van der Waals surface area contributed by atoms with Crippen molar-refractivity contribution >= 4 is 22.6 Å². The molecule has 32 heavy (non-hydrogen) atoms. The summed E-state index contributed by atoms with van der Waals surface area (Å²) in [5, 5.41) is 2.89. The maximum absolute atomic E-state index is 12.9. The highest BCUT2D eigenvalue weighted by Gasteiger charge is 2.14. The van der Waals surface area contributed by atoms with Gasteiger partial charge in [-0.15, -0.1) is 0 Å². The molecule has 2 heterocycles. The fourth-order valence-electron chi connectivity index (χ4n) is 3.46. The summed E-state index contributed by atoms with van der Waals surface area (Å²) in [6.45, 7) is 2.68. The molecule has 2 aromatic carbocycles. The van der Waals surface area contributed by atoms with E-state index in [1.54, 1.807) is 66.0 Å². The van der Waals surface area contributed by atoms with Gasteiger partial charge in [-0.1, -0.05) is 0 Å². The molecule has 0 aliphatic carbocycles. The molecule has 0 radical (unpaired) electrons. The normalized spacial score (nSPS) is 10.8. The Bertz CT molecular complexity index is 1330. The molecule has 0 saturated carbocycles. The molecular weight excluding hydrogens is 408 g/mol. The van der Waals surface area contributed by atoms with E-state index in [0.29, 0.717) is 36.0 Å². The van der Waals surface area contributed by atoms with E-state index < -0.39 is 0 Å². The van der Waals surface area contributed by atoms with E-state index in [9.17, 15) is 9.59 Å². The molecule has 0 saturated heterocycles. The van der Waals surface area contributed by atoms with Crippen LogP contribution in [0.15, 0.2) is 65.7 Å². The number of hydrogen-bond acceptors (Lipinski definition) is 5. The van der Waals surface area contributed by atoms with Crippen molar-refractivity contribution in [1.82, 2.24) is 14.1 Å². The number of pyridine rings is 1. The highest BCUT2D eigenvalue weighted by molar-refractivity contribution is 6.05. The van der Waals surface area contributed by atoms with Gasteiger partial charge in [0.25, 0.3) is 5.91 Å². The Morgan fingerprint density at radius 1 is 0.938 bits per heavy atom. The Labute approximate surface area is 185 Å². The maximum atomic E-state index is 12.9. The van der Waals surface area contributed by atoms with Gasteiger partial charge in [-0.2, -0.15) is 0 Å². The summed E-state index contributed by atoms with van der Waals surface area (Å²) in [7, 11) is 3.42. The summed E-state index contributed by atoms with van der Waals surface area (Å²) in [5.41, 5.74) is 3.43. The minimum atomic E-state index is -0.285. The largest absolute Gasteiger partial charge is 0.490 e. The summed E-state index contributed by atoms with van der Waals surface area (Å²) in [6.07, 6.45) is 3.42. The summed E-state index contributed by atoms with van der Waals surface area (Å²) >= 11 is 0. The molecule has 0 unspecified atom stereocenters. The standard InChI is InChI=1S/C24H24N4O4/c1-4-31-22-13-17(5-8-21(22)32-15-16-9-11-25-12-10-16)23(29)26-18-6-7-19-20(14-18)28(3)24(30)27(19)2/h5-14H,4,15H2,1-3H3,(H,26,29). The molecule has 0 spiro atoms. The zero-order valence-electron chi connectivity index (χ0n) is 18.2. The topological polar surface area (TPSA) is 87.4 Å². The van der Waals surface area contributed by atoms with Crippen LogP contribution in [0.4, 0.5) is 5.69 Å². The molecule has 4 rings (SSSR count). The molecule has 1 amide bonds. The molecule has 1 N–H and O–H groups in total. The van der Waals surface area contributed by atoms with Crippen molar-refractivity contribution in [2.45, 2.75) is 13.5 Å². The number of aromatic nitrogens is 3. The van der Waals surface area contributed by atoms with Gasteiger partial charge in [0.1, 0.15) is 6.61 Å². The number of fused-ring (bicyclic) bond motifs is 1. The lowest BCUT2D eigenvalue weighted by Crippen LogP contribution is -2.19. The molecule has 164 valence electrons. The van der Waals surface area contributed by atoms with E-state index in [1.807, 2.05) is 25.1 Å². The first-order valence-electron chi connectivity index (χ1n) is 10.2. The number of carbonyl (C=O) groups excluding carboxylic acids is 1. The highest BCUT2D eigenvalue weighted by Crippen LogP contribution is 2.30. The second-order valence-electron chi connectivity index (χ2n) is 7.30. The highest BCUT2D eigenvalue weighted by atomic mass is 16.5. The van der Waals surface area contributed by atoms with Gasteiger partial charge < -0.3 is 14.8 Å². The van der Waals surface area contributed by atoms with Crippen molar-refractivity contribution in [3.05, 3.63) is 82.5 Å². The third-order valence-corrected chi connectivity index (χ3v) is 5.18.